The van der Waals surface area contributed by atoms with Gasteiger partial charge in [-0.15, -0.1) is 0 Å². The van der Waals surface area contributed by atoms with Crippen LogP contribution in [0.25, 0.3) is 0 Å². The third-order valence-corrected chi connectivity index (χ3v) is 4.18. The molecule has 0 aromatic carbocycles. The molecule has 82 valence electrons. The van der Waals surface area contributed by atoms with Crippen LogP contribution in [0, 0.1) is 6.92 Å². The van der Waals surface area contributed by atoms with Crippen LogP contribution in [0.2, 0.25) is 0 Å². The second-order valence-electron chi connectivity index (χ2n) is 4.96. The fraction of sp³-hybridized carbons (Fsp3) is 0.700. The Balaban J connectivity index is 2.27. The van der Waals surface area contributed by atoms with Gasteiger partial charge in [0.25, 0.3) is 0 Å². The third kappa shape index (κ3) is 1.73. The number of aromatic nitrogens is 1. The van der Waals surface area contributed by atoms with E-state index in [2.05, 4.69) is 32.1 Å². The summed E-state index contributed by atoms with van der Waals surface area (Å²) in [6.07, 6.45) is 1.85. The first-order valence-electron chi connectivity index (χ1n) is 5.10. The molecule has 0 spiro atoms. The molecule has 0 radical (unpaired) electrons. The summed E-state index contributed by atoms with van der Waals surface area (Å²) in [6.45, 7) is 10.3. The fourth-order valence-electron chi connectivity index (χ4n) is 1.48. The molecule has 0 atom stereocenters. The van der Waals surface area contributed by atoms with E-state index in [1.165, 1.54) is 11.5 Å². The summed E-state index contributed by atoms with van der Waals surface area (Å²) >= 11 is 1.45. The predicted molar refractivity (Wildman–Crippen MR) is 62.6 cm³/mol. The maximum Gasteiger partial charge on any atom is 0.507 e. The Morgan fingerprint density at radius 3 is 2.13 bits per heavy atom. The molecular formula is C10H16BNO2S. The highest BCUT2D eigenvalue weighted by molar-refractivity contribution is 7.17. The van der Waals surface area contributed by atoms with Crippen molar-refractivity contribution in [2.75, 3.05) is 0 Å². The molecule has 1 aromatic rings. The van der Waals surface area contributed by atoms with E-state index in [0.717, 1.165) is 10.3 Å². The van der Waals surface area contributed by atoms with E-state index >= 15 is 0 Å². The normalized spacial score (nSPS) is 23.4. The summed E-state index contributed by atoms with van der Waals surface area (Å²) in [5, 5.41) is 0. The van der Waals surface area contributed by atoms with E-state index in [0.29, 0.717) is 0 Å². The Morgan fingerprint density at radius 1 is 1.20 bits per heavy atom. The van der Waals surface area contributed by atoms with Crippen LogP contribution in [0.15, 0.2) is 6.20 Å². The van der Waals surface area contributed by atoms with Crippen LogP contribution < -0.4 is 4.78 Å². The molecule has 3 nitrogen and oxygen atoms in total. The predicted octanol–water partition coefficient (Wildman–Crippen LogP) is 1.75. The van der Waals surface area contributed by atoms with E-state index in [1.807, 2.05) is 13.1 Å². The molecule has 5 heteroatoms. The van der Waals surface area contributed by atoms with Crippen molar-refractivity contribution in [2.24, 2.45) is 0 Å². The van der Waals surface area contributed by atoms with Crippen molar-refractivity contribution >= 4 is 23.4 Å². The second-order valence-corrected chi connectivity index (χ2v) is 5.79. The highest BCUT2D eigenvalue weighted by atomic mass is 32.1. The van der Waals surface area contributed by atoms with Crippen LogP contribution in [0.5, 0.6) is 0 Å². The van der Waals surface area contributed by atoms with E-state index in [1.54, 1.807) is 0 Å². The van der Waals surface area contributed by atoms with Gasteiger partial charge in [0.15, 0.2) is 0 Å². The van der Waals surface area contributed by atoms with Crippen LogP contribution in [-0.4, -0.2) is 22.7 Å². The van der Waals surface area contributed by atoms with Gasteiger partial charge in [-0.3, -0.25) is 0 Å². The molecule has 0 bridgehead atoms. The minimum absolute atomic E-state index is 0.262. The van der Waals surface area contributed by atoms with Crippen molar-refractivity contribution in [3.8, 4) is 0 Å². The molecule has 2 heterocycles. The molecule has 0 amide bonds. The monoisotopic (exact) mass is 225 g/mol. The molecule has 0 N–H and O–H groups in total. The van der Waals surface area contributed by atoms with Crippen molar-refractivity contribution in [2.45, 2.75) is 45.8 Å². The minimum atomic E-state index is -0.270. The summed E-state index contributed by atoms with van der Waals surface area (Å²) in [6, 6.07) is 0. The Hall–Kier alpha value is -0.385. The molecule has 0 unspecified atom stereocenters. The van der Waals surface area contributed by atoms with Crippen LogP contribution in [0.1, 0.15) is 33.3 Å². The van der Waals surface area contributed by atoms with Crippen molar-refractivity contribution in [3.05, 3.63) is 11.8 Å². The number of nitrogens with zero attached hydrogens (tertiary/aromatic N) is 1. The van der Waals surface area contributed by atoms with Crippen molar-refractivity contribution in [1.82, 2.24) is 4.37 Å². The van der Waals surface area contributed by atoms with Crippen LogP contribution in [0.3, 0.4) is 0 Å². The zero-order valence-corrected chi connectivity index (χ0v) is 10.6. The third-order valence-electron chi connectivity index (χ3n) is 3.25. The maximum absolute atomic E-state index is 5.94. The smallest absolute Gasteiger partial charge is 0.399 e. The number of aryl methyl sites for hydroxylation is 1. The lowest BCUT2D eigenvalue weighted by Crippen LogP contribution is -2.41. The van der Waals surface area contributed by atoms with Gasteiger partial charge >= 0.3 is 7.12 Å². The number of hydrogen-bond donors (Lipinski definition) is 0. The zero-order chi connectivity index (χ0) is 11.3. The highest BCUT2D eigenvalue weighted by Gasteiger charge is 2.52. The summed E-state index contributed by atoms with van der Waals surface area (Å²) in [4.78, 5) is 0. The topological polar surface area (TPSA) is 31.4 Å². The van der Waals surface area contributed by atoms with Gasteiger partial charge in [0, 0.05) is 6.20 Å². The molecule has 1 aromatic heterocycles. The van der Waals surface area contributed by atoms with Crippen LogP contribution in [-0.2, 0) is 9.31 Å². The van der Waals surface area contributed by atoms with Gasteiger partial charge < -0.3 is 9.31 Å². The van der Waals surface area contributed by atoms with Crippen molar-refractivity contribution in [1.29, 1.82) is 0 Å². The van der Waals surface area contributed by atoms with Crippen molar-refractivity contribution in [3.63, 3.8) is 0 Å². The SMILES string of the molecule is Cc1cnsc1B1OC(C)(C)C(C)(C)O1. The number of rotatable bonds is 1. The summed E-state index contributed by atoms with van der Waals surface area (Å²) < 4.78 is 17.1. The molecule has 1 aliphatic rings. The van der Waals surface area contributed by atoms with Gasteiger partial charge in [-0.1, -0.05) is 0 Å². The van der Waals surface area contributed by atoms with E-state index in [-0.39, 0.29) is 18.3 Å². The Labute approximate surface area is 95.1 Å². The molecule has 1 aliphatic heterocycles. The summed E-state index contributed by atoms with van der Waals surface area (Å²) in [5.41, 5.74) is 0.598. The average Bonchev–Trinajstić information content (AvgIpc) is 2.55. The lowest BCUT2D eigenvalue weighted by atomic mass is 9.85. The second kappa shape index (κ2) is 3.30. The minimum Gasteiger partial charge on any atom is -0.399 e. The van der Waals surface area contributed by atoms with Gasteiger partial charge in [-0.05, 0) is 51.7 Å². The summed E-state index contributed by atoms with van der Waals surface area (Å²) in [5.74, 6) is 0. The molecule has 2 rings (SSSR count). The molecule has 0 saturated carbocycles. The lowest BCUT2D eigenvalue weighted by Gasteiger charge is -2.32. The zero-order valence-electron chi connectivity index (χ0n) is 9.83. The molecule has 15 heavy (non-hydrogen) atoms. The number of hydrogen-bond acceptors (Lipinski definition) is 4. The largest absolute Gasteiger partial charge is 0.507 e. The quantitative estimate of drug-likeness (QED) is 0.682. The van der Waals surface area contributed by atoms with Crippen LogP contribution >= 0.6 is 11.5 Å². The standard InChI is InChI=1S/C10H16BNO2S/c1-7-6-12-15-8(7)11-13-9(2,3)10(4,5)14-11/h6H,1-5H3. The molecular weight excluding hydrogens is 209 g/mol. The Morgan fingerprint density at radius 2 is 1.73 bits per heavy atom. The first-order chi connectivity index (χ1) is 6.83. The molecule has 1 saturated heterocycles. The van der Waals surface area contributed by atoms with E-state index in [9.17, 15) is 0 Å². The summed E-state index contributed by atoms with van der Waals surface area (Å²) in [7, 11) is -0.262. The van der Waals surface area contributed by atoms with Crippen molar-refractivity contribution < 1.29 is 9.31 Å². The average molecular weight is 225 g/mol. The van der Waals surface area contributed by atoms with Gasteiger partial charge in [-0.25, -0.2) is 4.37 Å². The molecule has 0 aliphatic carbocycles. The van der Waals surface area contributed by atoms with Gasteiger partial charge in [0.2, 0.25) is 0 Å². The van der Waals surface area contributed by atoms with Gasteiger partial charge in [0.1, 0.15) is 0 Å². The highest BCUT2D eigenvalue weighted by Crippen LogP contribution is 2.36. The first-order valence-corrected chi connectivity index (χ1v) is 5.88. The lowest BCUT2D eigenvalue weighted by molar-refractivity contribution is 0.00578. The molecule has 1 fully saturated rings. The van der Waals surface area contributed by atoms with Crippen LogP contribution in [0.4, 0.5) is 0 Å². The fourth-order valence-corrected chi connectivity index (χ4v) is 2.18. The Kier molecular flexibility index (Phi) is 2.45. The maximum atomic E-state index is 5.94. The van der Waals surface area contributed by atoms with E-state index in [4.69, 9.17) is 9.31 Å². The van der Waals surface area contributed by atoms with Gasteiger partial charge in [0.05, 0.1) is 16.0 Å². The van der Waals surface area contributed by atoms with E-state index < -0.39 is 0 Å². The first kappa shape index (κ1) is 11.1. The van der Waals surface area contributed by atoms with Gasteiger partial charge in [-0.2, -0.15) is 0 Å². The Bertz CT molecular complexity index is 359.